The van der Waals surface area contributed by atoms with Crippen molar-refractivity contribution in [1.82, 2.24) is 4.72 Å². The third-order valence-corrected chi connectivity index (χ3v) is 5.38. The van der Waals surface area contributed by atoms with Crippen LogP contribution in [0.4, 0.5) is 0 Å². The van der Waals surface area contributed by atoms with Crippen molar-refractivity contribution >= 4 is 21.6 Å². The van der Waals surface area contributed by atoms with Crippen LogP contribution in [0.1, 0.15) is 25.0 Å². The standard InChI is InChI=1S/C17H20ClNO3S/c1-3-13-4-10-16(11-5-13)23(21,22)19-12-17(2,20)14-6-8-15(18)9-7-14/h4-11,19-20H,3,12H2,1-2H3. The van der Waals surface area contributed by atoms with Crippen molar-refractivity contribution in [3.05, 3.63) is 64.7 Å². The molecule has 2 N–H and O–H groups in total. The van der Waals surface area contributed by atoms with E-state index < -0.39 is 15.6 Å². The quantitative estimate of drug-likeness (QED) is 0.838. The molecule has 2 aromatic rings. The van der Waals surface area contributed by atoms with E-state index in [1.54, 1.807) is 55.5 Å². The highest BCUT2D eigenvalue weighted by atomic mass is 35.5. The van der Waals surface area contributed by atoms with Crippen molar-refractivity contribution in [3.63, 3.8) is 0 Å². The van der Waals surface area contributed by atoms with Gasteiger partial charge in [-0.15, -0.1) is 0 Å². The number of hydrogen-bond acceptors (Lipinski definition) is 3. The number of aryl methyl sites for hydroxylation is 1. The van der Waals surface area contributed by atoms with Crippen molar-refractivity contribution < 1.29 is 13.5 Å². The van der Waals surface area contributed by atoms with Crippen LogP contribution in [0.2, 0.25) is 5.02 Å². The smallest absolute Gasteiger partial charge is 0.240 e. The molecule has 23 heavy (non-hydrogen) atoms. The minimum absolute atomic E-state index is 0.132. The summed E-state index contributed by atoms with van der Waals surface area (Å²) in [5.74, 6) is 0. The molecule has 0 aliphatic heterocycles. The molecule has 0 spiro atoms. The summed E-state index contributed by atoms with van der Waals surface area (Å²) in [5.41, 5.74) is 0.323. The van der Waals surface area contributed by atoms with Gasteiger partial charge in [-0.1, -0.05) is 42.8 Å². The van der Waals surface area contributed by atoms with Crippen molar-refractivity contribution in [2.75, 3.05) is 6.54 Å². The van der Waals surface area contributed by atoms with Crippen molar-refractivity contribution in [2.24, 2.45) is 0 Å². The summed E-state index contributed by atoms with van der Waals surface area (Å²) in [6, 6.07) is 13.4. The lowest BCUT2D eigenvalue weighted by atomic mass is 9.97. The molecule has 0 radical (unpaired) electrons. The van der Waals surface area contributed by atoms with Gasteiger partial charge in [0.15, 0.2) is 0 Å². The van der Waals surface area contributed by atoms with Crippen LogP contribution in [0.25, 0.3) is 0 Å². The number of hydrogen-bond donors (Lipinski definition) is 2. The molecular weight excluding hydrogens is 334 g/mol. The molecule has 2 aromatic carbocycles. The van der Waals surface area contributed by atoms with Gasteiger partial charge < -0.3 is 5.11 Å². The van der Waals surface area contributed by atoms with E-state index >= 15 is 0 Å². The summed E-state index contributed by atoms with van der Waals surface area (Å²) in [6.45, 7) is 3.43. The van der Waals surface area contributed by atoms with Gasteiger partial charge in [0.25, 0.3) is 0 Å². The number of halogens is 1. The molecule has 4 nitrogen and oxygen atoms in total. The van der Waals surface area contributed by atoms with E-state index in [1.165, 1.54) is 0 Å². The molecule has 0 bridgehead atoms. The van der Waals surface area contributed by atoms with Crippen molar-refractivity contribution in [3.8, 4) is 0 Å². The zero-order chi connectivity index (χ0) is 17.1. The topological polar surface area (TPSA) is 66.4 Å². The fraction of sp³-hybridized carbons (Fsp3) is 0.294. The number of nitrogens with one attached hydrogen (secondary N) is 1. The Hall–Kier alpha value is -1.40. The number of sulfonamides is 1. The molecule has 1 atom stereocenters. The summed E-state index contributed by atoms with van der Waals surface area (Å²) in [7, 11) is -3.67. The Balaban J connectivity index is 2.12. The highest BCUT2D eigenvalue weighted by Gasteiger charge is 2.26. The average Bonchev–Trinajstić information content (AvgIpc) is 2.54. The second-order valence-corrected chi connectivity index (χ2v) is 7.81. The van der Waals surface area contributed by atoms with Gasteiger partial charge >= 0.3 is 0 Å². The van der Waals surface area contributed by atoms with Crippen LogP contribution < -0.4 is 4.72 Å². The van der Waals surface area contributed by atoms with Crippen LogP contribution >= 0.6 is 11.6 Å². The van der Waals surface area contributed by atoms with E-state index in [1.807, 2.05) is 6.92 Å². The first kappa shape index (κ1) is 17.9. The monoisotopic (exact) mass is 353 g/mol. The first-order valence-electron chi connectivity index (χ1n) is 7.31. The lowest BCUT2D eigenvalue weighted by molar-refractivity contribution is 0.0627. The summed E-state index contributed by atoms with van der Waals surface area (Å²) in [6.07, 6.45) is 0.846. The van der Waals surface area contributed by atoms with Crippen LogP contribution in [0, 0.1) is 0 Å². The molecule has 0 aliphatic rings. The molecule has 0 amide bonds. The van der Waals surface area contributed by atoms with Crippen molar-refractivity contribution in [1.29, 1.82) is 0 Å². The third-order valence-electron chi connectivity index (χ3n) is 3.71. The molecule has 0 aromatic heterocycles. The zero-order valence-electron chi connectivity index (χ0n) is 13.1. The van der Waals surface area contributed by atoms with Crippen LogP contribution in [-0.4, -0.2) is 20.1 Å². The summed E-state index contributed by atoms with van der Waals surface area (Å²) in [4.78, 5) is 0.182. The van der Waals surface area contributed by atoms with Crippen LogP contribution in [-0.2, 0) is 22.0 Å². The van der Waals surface area contributed by atoms with E-state index in [2.05, 4.69) is 4.72 Å². The van der Waals surface area contributed by atoms with E-state index in [4.69, 9.17) is 11.6 Å². The second-order valence-electron chi connectivity index (χ2n) is 5.60. The van der Waals surface area contributed by atoms with E-state index in [0.717, 1.165) is 12.0 Å². The van der Waals surface area contributed by atoms with Crippen LogP contribution in [0.5, 0.6) is 0 Å². The van der Waals surface area contributed by atoms with Crippen LogP contribution in [0.15, 0.2) is 53.4 Å². The summed E-state index contributed by atoms with van der Waals surface area (Å²) >= 11 is 5.82. The first-order chi connectivity index (χ1) is 10.7. The summed E-state index contributed by atoms with van der Waals surface area (Å²) < 4.78 is 27.1. The third kappa shape index (κ3) is 4.54. The lowest BCUT2D eigenvalue weighted by Gasteiger charge is -2.24. The molecule has 0 saturated heterocycles. The molecule has 0 fully saturated rings. The second kappa shape index (κ2) is 7.01. The fourth-order valence-electron chi connectivity index (χ4n) is 2.13. The van der Waals surface area contributed by atoms with Gasteiger partial charge in [0.2, 0.25) is 10.0 Å². The Morgan fingerprint density at radius 1 is 1.09 bits per heavy atom. The summed E-state index contributed by atoms with van der Waals surface area (Å²) in [5, 5.41) is 11.1. The lowest BCUT2D eigenvalue weighted by Crippen LogP contribution is -2.38. The molecule has 6 heteroatoms. The maximum absolute atomic E-state index is 12.3. The Labute approximate surface area is 142 Å². The number of aliphatic hydroxyl groups is 1. The van der Waals surface area contributed by atoms with E-state index in [-0.39, 0.29) is 11.4 Å². The Kier molecular flexibility index (Phi) is 5.47. The average molecular weight is 354 g/mol. The molecular formula is C17H20ClNO3S. The predicted octanol–water partition coefficient (Wildman–Crippen LogP) is 3.09. The van der Waals surface area contributed by atoms with Gasteiger partial charge in [0.05, 0.1) is 4.90 Å². The Bertz CT molecular complexity index is 753. The minimum atomic E-state index is -3.67. The normalized spacial score (nSPS) is 14.4. The largest absolute Gasteiger partial charge is 0.384 e. The highest BCUT2D eigenvalue weighted by molar-refractivity contribution is 7.89. The molecule has 2 rings (SSSR count). The number of rotatable bonds is 6. The highest BCUT2D eigenvalue weighted by Crippen LogP contribution is 2.22. The molecule has 1 unspecified atom stereocenters. The minimum Gasteiger partial charge on any atom is -0.384 e. The molecule has 124 valence electrons. The maximum atomic E-state index is 12.3. The van der Waals surface area contributed by atoms with Gasteiger partial charge in [-0.2, -0.15) is 0 Å². The first-order valence-corrected chi connectivity index (χ1v) is 9.18. The predicted molar refractivity (Wildman–Crippen MR) is 92.0 cm³/mol. The van der Waals surface area contributed by atoms with Gasteiger partial charge in [-0.3, -0.25) is 0 Å². The Morgan fingerprint density at radius 3 is 2.17 bits per heavy atom. The molecule has 0 aliphatic carbocycles. The van der Waals surface area contributed by atoms with Crippen LogP contribution in [0.3, 0.4) is 0 Å². The fourth-order valence-corrected chi connectivity index (χ4v) is 3.39. The van der Waals surface area contributed by atoms with Crippen molar-refractivity contribution in [2.45, 2.75) is 30.8 Å². The number of benzene rings is 2. The van der Waals surface area contributed by atoms with E-state index in [9.17, 15) is 13.5 Å². The van der Waals surface area contributed by atoms with Gasteiger partial charge in [0, 0.05) is 11.6 Å². The van der Waals surface area contributed by atoms with E-state index in [0.29, 0.717) is 10.6 Å². The van der Waals surface area contributed by atoms with Gasteiger partial charge in [-0.25, -0.2) is 13.1 Å². The molecule has 0 heterocycles. The maximum Gasteiger partial charge on any atom is 0.240 e. The van der Waals surface area contributed by atoms with Gasteiger partial charge in [0.1, 0.15) is 5.60 Å². The zero-order valence-corrected chi connectivity index (χ0v) is 14.7. The Morgan fingerprint density at radius 2 is 1.65 bits per heavy atom. The van der Waals surface area contributed by atoms with Gasteiger partial charge in [-0.05, 0) is 48.7 Å². The molecule has 0 saturated carbocycles. The SMILES string of the molecule is CCc1ccc(S(=O)(=O)NCC(C)(O)c2ccc(Cl)cc2)cc1.